The second-order valence-electron chi connectivity index (χ2n) is 3.02. The quantitative estimate of drug-likeness (QED) is 0.819. The molecule has 0 atom stereocenters. The van der Waals surface area contributed by atoms with Crippen LogP contribution in [0.25, 0.3) is 0 Å². The maximum Gasteiger partial charge on any atom is 0.238 e. The zero-order valence-electron chi connectivity index (χ0n) is 8.54. The molecular formula is C8H11N5S2. The topological polar surface area (TPSA) is 56.5 Å². The molecule has 0 spiro atoms. The van der Waals surface area contributed by atoms with Gasteiger partial charge in [-0.2, -0.15) is 4.80 Å². The highest BCUT2D eigenvalue weighted by Gasteiger charge is 2.07. The average molecular weight is 241 g/mol. The van der Waals surface area contributed by atoms with Gasteiger partial charge in [0.05, 0.1) is 6.54 Å². The van der Waals surface area contributed by atoms with Gasteiger partial charge in [-0.3, -0.25) is 0 Å². The van der Waals surface area contributed by atoms with E-state index in [0.717, 1.165) is 23.0 Å². The van der Waals surface area contributed by atoms with Crippen LogP contribution in [0.15, 0.2) is 14.9 Å². The number of hydrogen-bond donors (Lipinski definition) is 0. The van der Waals surface area contributed by atoms with Crippen molar-refractivity contribution in [1.29, 1.82) is 0 Å². The number of tetrazole rings is 1. The summed E-state index contributed by atoms with van der Waals surface area (Å²) in [5, 5.41) is 14.8. The second kappa shape index (κ2) is 4.71. The molecule has 0 aliphatic heterocycles. The fourth-order valence-corrected chi connectivity index (χ4v) is 2.66. The van der Waals surface area contributed by atoms with Crippen LogP contribution < -0.4 is 0 Å². The molecule has 0 fully saturated rings. The molecule has 0 unspecified atom stereocenters. The highest BCUT2D eigenvalue weighted by Crippen LogP contribution is 2.26. The summed E-state index contributed by atoms with van der Waals surface area (Å²) in [5.41, 5.74) is 1.03. The Bertz CT molecular complexity index is 436. The van der Waals surface area contributed by atoms with Crippen molar-refractivity contribution in [3.05, 3.63) is 11.1 Å². The summed E-state index contributed by atoms with van der Waals surface area (Å²) >= 11 is 3.06. The lowest BCUT2D eigenvalue weighted by Crippen LogP contribution is -2.00. The van der Waals surface area contributed by atoms with Crippen molar-refractivity contribution in [2.75, 3.05) is 0 Å². The van der Waals surface area contributed by atoms with Crippen LogP contribution in [0.4, 0.5) is 0 Å². The zero-order chi connectivity index (χ0) is 10.7. The van der Waals surface area contributed by atoms with Crippen molar-refractivity contribution < 1.29 is 0 Å². The number of aromatic nitrogens is 5. The summed E-state index contributed by atoms with van der Waals surface area (Å²) in [7, 11) is 0. The number of nitrogens with zero attached hydrogens (tertiary/aromatic N) is 5. The van der Waals surface area contributed by atoms with E-state index in [4.69, 9.17) is 0 Å². The molecule has 0 saturated heterocycles. The Kier molecular flexibility index (Phi) is 3.32. The van der Waals surface area contributed by atoms with Gasteiger partial charge in [0, 0.05) is 11.1 Å². The first kappa shape index (κ1) is 10.6. The van der Waals surface area contributed by atoms with Gasteiger partial charge >= 0.3 is 0 Å². The third-order valence-electron chi connectivity index (χ3n) is 1.63. The summed E-state index contributed by atoms with van der Waals surface area (Å²) < 4.78 is 0.962. The Morgan fingerprint density at radius 2 is 2.40 bits per heavy atom. The lowest BCUT2D eigenvalue weighted by atomic mass is 10.5. The van der Waals surface area contributed by atoms with Crippen LogP contribution in [0, 0.1) is 6.92 Å². The molecule has 2 rings (SSSR count). The highest BCUT2D eigenvalue weighted by molar-refractivity contribution is 8.00. The molecule has 0 aliphatic carbocycles. The molecule has 0 aliphatic rings. The van der Waals surface area contributed by atoms with Gasteiger partial charge in [0.25, 0.3) is 0 Å². The van der Waals surface area contributed by atoms with Gasteiger partial charge in [-0.15, -0.1) is 21.5 Å². The fourth-order valence-electron chi connectivity index (χ4n) is 1.02. The van der Waals surface area contributed by atoms with Crippen molar-refractivity contribution in [2.24, 2.45) is 0 Å². The molecule has 0 amide bonds. The van der Waals surface area contributed by atoms with Crippen molar-refractivity contribution >= 4 is 23.1 Å². The van der Waals surface area contributed by atoms with Crippen LogP contribution in [0.5, 0.6) is 0 Å². The van der Waals surface area contributed by atoms with Crippen molar-refractivity contribution in [2.45, 2.75) is 36.3 Å². The predicted octanol–water partition coefficient (Wildman–Crippen LogP) is 2.00. The number of hydrogen-bond acceptors (Lipinski definition) is 6. The maximum atomic E-state index is 4.33. The lowest BCUT2D eigenvalue weighted by molar-refractivity contribution is 0.511. The first-order valence-corrected chi connectivity index (χ1v) is 6.35. The molecule has 0 N–H and O–H groups in total. The van der Waals surface area contributed by atoms with Gasteiger partial charge in [-0.25, -0.2) is 4.98 Å². The van der Waals surface area contributed by atoms with E-state index in [1.807, 2.05) is 12.3 Å². The minimum atomic E-state index is 0.665. The Morgan fingerprint density at radius 1 is 1.53 bits per heavy atom. The van der Waals surface area contributed by atoms with Crippen LogP contribution in [-0.4, -0.2) is 25.2 Å². The first-order chi connectivity index (χ1) is 7.28. The molecule has 0 radical (unpaired) electrons. The molecule has 0 aromatic carbocycles. The third-order valence-corrected chi connectivity index (χ3v) is 3.54. The van der Waals surface area contributed by atoms with E-state index < -0.39 is 0 Å². The van der Waals surface area contributed by atoms with Gasteiger partial charge < -0.3 is 0 Å². The van der Waals surface area contributed by atoms with E-state index in [2.05, 4.69) is 27.3 Å². The summed E-state index contributed by atoms with van der Waals surface area (Å²) in [4.78, 5) is 5.94. The van der Waals surface area contributed by atoms with E-state index in [1.165, 1.54) is 11.8 Å². The fraction of sp³-hybridized carbons (Fsp3) is 0.500. The molecule has 2 heterocycles. The van der Waals surface area contributed by atoms with Crippen LogP contribution in [-0.2, 0) is 6.54 Å². The number of aryl methyl sites for hydroxylation is 2. The third kappa shape index (κ3) is 2.75. The van der Waals surface area contributed by atoms with Gasteiger partial charge in [0.2, 0.25) is 5.16 Å². The number of thiazole rings is 1. The van der Waals surface area contributed by atoms with Gasteiger partial charge in [0.15, 0.2) is 4.34 Å². The molecule has 2 aromatic heterocycles. The minimum Gasteiger partial charge on any atom is -0.235 e. The molecule has 7 heteroatoms. The molecule has 0 saturated carbocycles. The van der Waals surface area contributed by atoms with Gasteiger partial charge in [0.1, 0.15) is 0 Å². The Morgan fingerprint density at radius 3 is 3.07 bits per heavy atom. The molecule has 2 aromatic rings. The Labute approximate surface area is 95.9 Å². The lowest BCUT2D eigenvalue weighted by Gasteiger charge is -1.90. The SMILES string of the molecule is CCCn1nnc(Sc2nc(C)cs2)n1. The Hall–Kier alpha value is -0.950. The zero-order valence-corrected chi connectivity index (χ0v) is 10.2. The van der Waals surface area contributed by atoms with Crippen LogP contribution >= 0.6 is 23.1 Å². The minimum absolute atomic E-state index is 0.665. The number of rotatable bonds is 4. The molecule has 80 valence electrons. The molecule has 0 bridgehead atoms. The van der Waals surface area contributed by atoms with Crippen molar-refractivity contribution in [3.63, 3.8) is 0 Å². The van der Waals surface area contributed by atoms with E-state index >= 15 is 0 Å². The van der Waals surface area contributed by atoms with E-state index in [1.54, 1.807) is 16.1 Å². The van der Waals surface area contributed by atoms with Crippen molar-refractivity contribution in [3.8, 4) is 0 Å². The van der Waals surface area contributed by atoms with Crippen molar-refractivity contribution in [1.82, 2.24) is 25.2 Å². The predicted molar refractivity (Wildman–Crippen MR) is 59.1 cm³/mol. The van der Waals surface area contributed by atoms with E-state index in [9.17, 15) is 0 Å². The molecule has 15 heavy (non-hydrogen) atoms. The Balaban J connectivity index is 2.04. The smallest absolute Gasteiger partial charge is 0.235 e. The second-order valence-corrected chi connectivity index (χ2v) is 5.10. The van der Waals surface area contributed by atoms with Crippen LogP contribution in [0.3, 0.4) is 0 Å². The summed E-state index contributed by atoms with van der Waals surface area (Å²) in [5.74, 6) is 0. The highest BCUT2D eigenvalue weighted by atomic mass is 32.2. The normalized spacial score (nSPS) is 10.8. The van der Waals surface area contributed by atoms with Gasteiger partial charge in [-0.05, 0) is 30.3 Å². The van der Waals surface area contributed by atoms with E-state index in [-0.39, 0.29) is 0 Å². The first-order valence-electron chi connectivity index (χ1n) is 4.65. The maximum absolute atomic E-state index is 4.33. The summed E-state index contributed by atoms with van der Waals surface area (Å²) in [6.45, 7) is 4.87. The van der Waals surface area contributed by atoms with Crippen LogP contribution in [0.2, 0.25) is 0 Å². The van der Waals surface area contributed by atoms with E-state index in [0.29, 0.717) is 5.16 Å². The summed E-state index contributed by atoms with van der Waals surface area (Å²) in [6.07, 6.45) is 1.01. The van der Waals surface area contributed by atoms with Crippen LogP contribution in [0.1, 0.15) is 19.0 Å². The average Bonchev–Trinajstić information content (AvgIpc) is 2.78. The molecular weight excluding hydrogens is 230 g/mol. The van der Waals surface area contributed by atoms with Gasteiger partial charge in [-0.1, -0.05) is 6.92 Å². The summed E-state index contributed by atoms with van der Waals surface area (Å²) in [6, 6.07) is 0. The largest absolute Gasteiger partial charge is 0.238 e. The standard InChI is InChI=1S/C8H11N5S2/c1-3-4-13-11-7(10-12-13)15-8-9-6(2)5-14-8/h5H,3-4H2,1-2H3. The molecule has 5 nitrogen and oxygen atoms in total. The monoisotopic (exact) mass is 241 g/mol.